The predicted molar refractivity (Wildman–Crippen MR) is 165 cm³/mol. The van der Waals surface area contributed by atoms with Crippen molar-refractivity contribution in [1.29, 1.82) is 5.26 Å². The van der Waals surface area contributed by atoms with Gasteiger partial charge in [-0.05, 0) is 47.9 Å². The number of nitriles is 1. The first-order valence-corrected chi connectivity index (χ1v) is 15.7. The molecule has 42 heavy (non-hydrogen) atoms. The van der Waals surface area contributed by atoms with E-state index in [1.165, 1.54) is 41.5 Å². The molecule has 0 bridgehead atoms. The highest BCUT2D eigenvalue weighted by molar-refractivity contribution is 8.01. The van der Waals surface area contributed by atoms with Gasteiger partial charge in [-0.3, -0.25) is 14.5 Å². The number of carbonyl (C=O) groups excluding carboxylic acids is 2. The van der Waals surface area contributed by atoms with Crippen molar-refractivity contribution in [1.82, 2.24) is 10.2 Å². The molecular weight excluding hydrogens is 593 g/mol. The molecule has 3 heterocycles. The molecule has 0 radical (unpaired) electrons. The number of nitrogens with zero attached hydrogens (tertiary/aromatic N) is 4. The number of Topliss-reactive ketones (excluding diaryl/α,β-unsaturated/α-hetero) is 1. The molecule has 1 atom stereocenters. The summed E-state index contributed by atoms with van der Waals surface area (Å²) in [4.78, 5) is 29.0. The van der Waals surface area contributed by atoms with Crippen molar-refractivity contribution >= 4 is 56.9 Å². The van der Waals surface area contributed by atoms with E-state index in [9.17, 15) is 14.9 Å². The highest BCUT2D eigenvalue weighted by Crippen LogP contribution is 2.52. The van der Waals surface area contributed by atoms with Crippen LogP contribution in [0.3, 0.4) is 0 Å². The van der Waals surface area contributed by atoms with E-state index in [1.807, 2.05) is 18.4 Å². The third kappa shape index (κ3) is 5.62. The van der Waals surface area contributed by atoms with Gasteiger partial charge < -0.3 is 20.5 Å². The van der Waals surface area contributed by atoms with E-state index in [0.717, 1.165) is 16.1 Å². The number of rotatable bonds is 8. The third-order valence-corrected chi connectivity index (χ3v) is 10.3. The molecule has 218 valence electrons. The molecule has 3 N–H and O–H groups in total. The van der Waals surface area contributed by atoms with Crippen LogP contribution in [0.25, 0.3) is 0 Å². The smallest absolute Gasteiger partial charge is 0.234 e. The number of hydrogen-bond donors (Lipinski definition) is 2. The van der Waals surface area contributed by atoms with E-state index in [2.05, 4.69) is 35.4 Å². The standard InChI is InChI=1S/C29H30N6O4S3/c1-15-8-9-40-25(15)23-17(13-30)26(31)35(18-11-29(2,3)12-19(36)24(18)23)27-33-34-28(42-27)41-14-22(37)32-16-6-7-20(38-4)21(10-16)39-5/h6-10,23H,11-12,14,31H2,1-5H3,(H,32,37). The SMILES string of the molecule is COc1ccc(NC(=O)CSc2nnc(N3C(N)=C(C#N)C(c4sccc4C)C4=C3CC(C)(C)CC4=O)s2)cc1OC. The summed E-state index contributed by atoms with van der Waals surface area (Å²) in [5.74, 6) is 0.689. The summed E-state index contributed by atoms with van der Waals surface area (Å²) in [6.45, 7) is 6.09. The average molecular weight is 623 g/mol. The lowest BCUT2D eigenvalue weighted by Crippen LogP contribution is -2.42. The number of anilines is 2. The molecule has 1 aromatic carbocycles. The summed E-state index contributed by atoms with van der Waals surface area (Å²) in [7, 11) is 3.08. The maximum absolute atomic E-state index is 13.7. The molecule has 0 saturated heterocycles. The second kappa shape index (κ2) is 11.8. The summed E-state index contributed by atoms with van der Waals surface area (Å²) >= 11 is 4.02. The molecule has 1 aliphatic heterocycles. The number of nitrogens with one attached hydrogen (secondary N) is 1. The van der Waals surface area contributed by atoms with Crippen LogP contribution in [-0.2, 0) is 9.59 Å². The van der Waals surface area contributed by atoms with Crippen molar-refractivity contribution in [3.8, 4) is 17.6 Å². The van der Waals surface area contributed by atoms with Crippen LogP contribution in [0, 0.1) is 23.7 Å². The first-order chi connectivity index (χ1) is 20.1. The fraction of sp³-hybridized carbons (Fsp3) is 0.345. The molecular formula is C29H30N6O4S3. The first-order valence-electron chi connectivity index (χ1n) is 13.0. The zero-order valence-corrected chi connectivity index (χ0v) is 26.3. The molecule has 1 unspecified atom stereocenters. The molecule has 1 amide bonds. The van der Waals surface area contributed by atoms with Crippen molar-refractivity contribution in [2.24, 2.45) is 11.1 Å². The number of methoxy groups -OCH3 is 2. The van der Waals surface area contributed by atoms with E-state index >= 15 is 0 Å². The molecule has 10 nitrogen and oxygen atoms in total. The quantitative estimate of drug-likeness (QED) is 0.305. The van der Waals surface area contributed by atoms with Gasteiger partial charge in [0.1, 0.15) is 5.82 Å². The van der Waals surface area contributed by atoms with Gasteiger partial charge in [0, 0.05) is 34.3 Å². The van der Waals surface area contributed by atoms with Crippen molar-refractivity contribution in [3.05, 3.63) is 62.8 Å². The molecule has 1 aliphatic carbocycles. The predicted octanol–water partition coefficient (Wildman–Crippen LogP) is 5.60. The number of thioether (sulfide) groups is 1. The lowest BCUT2D eigenvalue weighted by atomic mass is 9.69. The molecule has 13 heteroatoms. The number of aryl methyl sites for hydroxylation is 1. The fourth-order valence-corrected chi connectivity index (χ4v) is 7.98. The Bertz CT molecular complexity index is 1670. The number of benzene rings is 1. The molecule has 5 rings (SSSR count). The second-order valence-electron chi connectivity index (χ2n) is 10.7. The van der Waals surface area contributed by atoms with Crippen LogP contribution in [-0.4, -0.2) is 41.9 Å². The van der Waals surface area contributed by atoms with Crippen LogP contribution < -0.4 is 25.4 Å². The number of aromatic nitrogens is 2. The Balaban J connectivity index is 1.41. The van der Waals surface area contributed by atoms with Crippen LogP contribution in [0.5, 0.6) is 11.5 Å². The Morgan fingerprint density at radius 2 is 2.00 bits per heavy atom. The van der Waals surface area contributed by atoms with Crippen LogP contribution in [0.1, 0.15) is 43.0 Å². The van der Waals surface area contributed by atoms with E-state index < -0.39 is 5.92 Å². The summed E-state index contributed by atoms with van der Waals surface area (Å²) in [6, 6.07) is 9.42. The van der Waals surface area contributed by atoms with Crippen molar-refractivity contribution < 1.29 is 19.1 Å². The Hall–Kier alpha value is -3.86. The van der Waals surface area contributed by atoms with Crippen molar-refractivity contribution in [2.75, 3.05) is 30.2 Å². The number of ketones is 1. The van der Waals surface area contributed by atoms with Gasteiger partial charge >= 0.3 is 0 Å². The minimum atomic E-state index is -0.508. The van der Waals surface area contributed by atoms with Gasteiger partial charge in [0.05, 0.1) is 37.5 Å². The van der Waals surface area contributed by atoms with Gasteiger partial charge in [-0.25, -0.2) is 0 Å². The maximum atomic E-state index is 13.7. The second-order valence-corrected chi connectivity index (χ2v) is 13.8. The van der Waals surface area contributed by atoms with E-state index in [0.29, 0.717) is 50.6 Å². The molecule has 0 fully saturated rings. The topological polar surface area (TPSA) is 143 Å². The number of hydrogen-bond acceptors (Lipinski definition) is 12. The van der Waals surface area contributed by atoms with Gasteiger partial charge in [0.2, 0.25) is 11.0 Å². The Morgan fingerprint density at radius 3 is 2.67 bits per heavy atom. The highest BCUT2D eigenvalue weighted by Gasteiger charge is 2.46. The first kappa shape index (κ1) is 29.6. The van der Waals surface area contributed by atoms with Gasteiger partial charge in [-0.2, -0.15) is 5.26 Å². The summed E-state index contributed by atoms with van der Waals surface area (Å²) in [6.07, 6.45) is 0.968. The largest absolute Gasteiger partial charge is 0.493 e. The van der Waals surface area contributed by atoms with Crippen LogP contribution in [0.4, 0.5) is 10.8 Å². The molecule has 2 aliphatic rings. The van der Waals surface area contributed by atoms with Crippen molar-refractivity contribution in [3.63, 3.8) is 0 Å². The minimum absolute atomic E-state index is 0.00949. The zero-order valence-electron chi connectivity index (χ0n) is 23.8. The van der Waals surface area contributed by atoms with Gasteiger partial charge in [0.15, 0.2) is 21.6 Å². The van der Waals surface area contributed by atoms with Gasteiger partial charge in [0.25, 0.3) is 0 Å². The molecule has 2 aromatic heterocycles. The number of thiophene rings is 1. The molecule has 0 saturated carbocycles. The average Bonchev–Trinajstić information content (AvgIpc) is 3.59. The maximum Gasteiger partial charge on any atom is 0.234 e. The summed E-state index contributed by atoms with van der Waals surface area (Å²) < 4.78 is 11.1. The number of amides is 1. The van der Waals surface area contributed by atoms with Crippen LogP contribution in [0.2, 0.25) is 0 Å². The monoisotopic (exact) mass is 622 g/mol. The van der Waals surface area contributed by atoms with E-state index in [-0.39, 0.29) is 28.7 Å². The summed E-state index contributed by atoms with van der Waals surface area (Å²) in [5.41, 5.74) is 9.69. The Labute approximate surface area is 256 Å². The Morgan fingerprint density at radius 1 is 1.24 bits per heavy atom. The molecule has 0 spiro atoms. The van der Waals surface area contributed by atoms with Crippen molar-refractivity contribution in [2.45, 2.75) is 43.9 Å². The third-order valence-electron chi connectivity index (χ3n) is 7.13. The lowest BCUT2D eigenvalue weighted by Gasteiger charge is -2.42. The minimum Gasteiger partial charge on any atom is -0.493 e. The molecule has 3 aromatic rings. The fourth-order valence-electron chi connectivity index (χ4n) is 5.26. The van der Waals surface area contributed by atoms with Gasteiger partial charge in [-0.1, -0.05) is 36.9 Å². The number of nitrogens with two attached hydrogens (primary N) is 1. The normalized spacial score (nSPS) is 18.0. The number of allylic oxidation sites excluding steroid dienone is 3. The number of ether oxygens (including phenoxy) is 2. The van der Waals surface area contributed by atoms with Gasteiger partial charge in [-0.15, -0.1) is 21.5 Å². The summed E-state index contributed by atoms with van der Waals surface area (Å²) in [5, 5.41) is 24.2. The Kier molecular flexibility index (Phi) is 8.32. The van der Waals surface area contributed by atoms with E-state index in [1.54, 1.807) is 30.2 Å². The van der Waals surface area contributed by atoms with Crippen LogP contribution >= 0.6 is 34.4 Å². The van der Waals surface area contributed by atoms with E-state index in [4.69, 9.17) is 15.2 Å². The van der Waals surface area contributed by atoms with Crippen LogP contribution in [0.15, 0.2) is 56.6 Å². The number of carbonyl (C=O) groups is 2. The highest BCUT2D eigenvalue weighted by atomic mass is 32.2. The lowest BCUT2D eigenvalue weighted by molar-refractivity contribution is -0.118. The zero-order chi connectivity index (χ0) is 30.2.